The average molecular weight is 485 g/mol. The molecule has 1 heterocycles. The van der Waals surface area contributed by atoms with Crippen LogP contribution in [0.15, 0.2) is 42.5 Å². The van der Waals surface area contributed by atoms with Gasteiger partial charge in [0.15, 0.2) is 0 Å². The Balaban J connectivity index is 1.54. The van der Waals surface area contributed by atoms with Crippen LogP contribution in [0.25, 0.3) is 11.1 Å². The van der Waals surface area contributed by atoms with E-state index in [4.69, 9.17) is 4.74 Å². The SMILES string of the molecule is CCN(CCCNCc1ccc(-c2ccc(N3C[C@H](CNC(C)=O)OC3=O)cc2F)cc1)C(C)=O. The van der Waals surface area contributed by atoms with Crippen molar-refractivity contribution in [1.29, 1.82) is 0 Å². The van der Waals surface area contributed by atoms with Gasteiger partial charge in [-0.3, -0.25) is 14.5 Å². The number of ether oxygens (including phenoxy) is 1. The van der Waals surface area contributed by atoms with Crippen molar-refractivity contribution in [3.63, 3.8) is 0 Å². The topological polar surface area (TPSA) is 91.0 Å². The van der Waals surface area contributed by atoms with E-state index >= 15 is 0 Å². The van der Waals surface area contributed by atoms with E-state index in [1.54, 1.807) is 19.1 Å². The van der Waals surface area contributed by atoms with Gasteiger partial charge in [0.05, 0.1) is 18.8 Å². The molecule has 1 fully saturated rings. The fourth-order valence-corrected chi connectivity index (χ4v) is 3.97. The molecular weight excluding hydrogens is 451 g/mol. The van der Waals surface area contributed by atoms with Crippen molar-refractivity contribution in [3.8, 4) is 11.1 Å². The molecule has 1 aliphatic heterocycles. The van der Waals surface area contributed by atoms with Crippen molar-refractivity contribution in [3.05, 3.63) is 53.8 Å². The monoisotopic (exact) mass is 484 g/mol. The minimum Gasteiger partial charge on any atom is -0.442 e. The van der Waals surface area contributed by atoms with Crippen LogP contribution in [0.3, 0.4) is 0 Å². The van der Waals surface area contributed by atoms with Gasteiger partial charge in [-0.2, -0.15) is 0 Å². The maximum atomic E-state index is 14.9. The second-order valence-corrected chi connectivity index (χ2v) is 8.54. The van der Waals surface area contributed by atoms with E-state index in [0.29, 0.717) is 17.8 Å². The Labute approximate surface area is 205 Å². The van der Waals surface area contributed by atoms with Crippen LogP contribution in [0, 0.1) is 5.82 Å². The number of nitrogens with one attached hydrogen (secondary N) is 2. The highest BCUT2D eigenvalue weighted by atomic mass is 19.1. The first-order valence-corrected chi connectivity index (χ1v) is 11.9. The Bertz CT molecular complexity index is 1040. The van der Waals surface area contributed by atoms with Crippen LogP contribution in [0.2, 0.25) is 0 Å². The van der Waals surface area contributed by atoms with Crippen molar-refractivity contribution >= 4 is 23.6 Å². The predicted octanol–water partition coefficient (Wildman–Crippen LogP) is 3.30. The standard InChI is InChI=1S/C26H33FN4O4/c1-4-30(19(3)33)13-5-12-28-15-20-6-8-21(9-7-20)24-11-10-22(14-25(24)27)31-17-23(35-26(31)34)16-29-18(2)32/h6-11,14,23,28H,4-5,12-13,15-17H2,1-3H3,(H,29,32)/t23-/m0/s1. The van der Waals surface area contributed by atoms with Gasteiger partial charge in [0.1, 0.15) is 11.9 Å². The zero-order valence-electron chi connectivity index (χ0n) is 20.5. The van der Waals surface area contributed by atoms with Crippen molar-refractivity contribution in [2.45, 2.75) is 39.8 Å². The van der Waals surface area contributed by atoms with E-state index in [9.17, 15) is 18.8 Å². The van der Waals surface area contributed by atoms with Gasteiger partial charge in [0.25, 0.3) is 0 Å². The van der Waals surface area contributed by atoms with E-state index in [2.05, 4.69) is 10.6 Å². The number of benzene rings is 2. The average Bonchev–Trinajstić information content (AvgIpc) is 3.20. The van der Waals surface area contributed by atoms with E-state index in [1.807, 2.05) is 36.1 Å². The van der Waals surface area contributed by atoms with Crippen LogP contribution in [0.4, 0.5) is 14.9 Å². The number of cyclic esters (lactones) is 1. The molecule has 2 aromatic carbocycles. The van der Waals surface area contributed by atoms with Crippen molar-refractivity contribution in [2.75, 3.05) is 37.6 Å². The number of hydrogen-bond donors (Lipinski definition) is 2. The van der Waals surface area contributed by atoms with Gasteiger partial charge >= 0.3 is 6.09 Å². The van der Waals surface area contributed by atoms with Crippen LogP contribution < -0.4 is 15.5 Å². The largest absolute Gasteiger partial charge is 0.442 e. The Morgan fingerprint density at radius 3 is 2.54 bits per heavy atom. The number of anilines is 1. The molecule has 1 atom stereocenters. The summed E-state index contributed by atoms with van der Waals surface area (Å²) >= 11 is 0. The summed E-state index contributed by atoms with van der Waals surface area (Å²) in [5.74, 6) is -0.544. The summed E-state index contributed by atoms with van der Waals surface area (Å²) in [5, 5.41) is 5.99. The Kier molecular flexibility index (Phi) is 9.19. The predicted molar refractivity (Wildman–Crippen MR) is 132 cm³/mol. The quantitative estimate of drug-likeness (QED) is 0.478. The zero-order chi connectivity index (χ0) is 25.4. The second-order valence-electron chi connectivity index (χ2n) is 8.54. The first kappa shape index (κ1) is 26.2. The van der Waals surface area contributed by atoms with Crippen LogP contribution in [-0.2, 0) is 20.9 Å². The number of halogens is 1. The van der Waals surface area contributed by atoms with Gasteiger partial charge in [0.2, 0.25) is 11.8 Å². The Morgan fingerprint density at radius 1 is 1.17 bits per heavy atom. The van der Waals surface area contributed by atoms with Crippen LogP contribution in [-0.4, -0.2) is 61.6 Å². The maximum Gasteiger partial charge on any atom is 0.414 e. The molecule has 0 aromatic heterocycles. The van der Waals surface area contributed by atoms with E-state index in [-0.39, 0.29) is 24.9 Å². The number of carbonyl (C=O) groups is 3. The molecule has 9 heteroatoms. The van der Waals surface area contributed by atoms with E-state index in [0.717, 1.165) is 37.2 Å². The highest BCUT2D eigenvalue weighted by Gasteiger charge is 2.32. The molecule has 2 N–H and O–H groups in total. The van der Waals surface area contributed by atoms with Crippen molar-refractivity contribution < 1.29 is 23.5 Å². The number of rotatable bonds is 11. The lowest BCUT2D eigenvalue weighted by Gasteiger charge is -2.18. The van der Waals surface area contributed by atoms with Gasteiger partial charge in [-0.15, -0.1) is 0 Å². The normalized spacial score (nSPS) is 15.1. The van der Waals surface area contributed by atoms with Gasteiger partial charge < -0.3 is 20.3 Å². The molecule has 0 spiro atoms. The number of amides is 3. The summed E-state index contributed by atoms with van der Waals surface area (Å²) in [6.45, 7) is 8.34. The fourth-order valence-electron chi connectivity index (χ4n) is 3.97. The lowest BCUT2D eigenvalue weighted by molar-refractivity contribution is -0.128. The van der Waals surface area contributed by atoms with Gasteiger partial charge in [-0.05, 0) is 49.2 Å². The summed E-state index contributed by atoms with van der Waals surface area (Å²) < 4.78 is 20.2. The minimum absolute atomic E-state index is 0.0925. The van der Waals surface area contributed by atoms with E-state index in [1.165, 1.54) is 17.9 Å². The molecule has 1 aliphatic rings. The molecule has 35 heavy (non-hydrogen) atoms. The van der Waals surface area contributed by atoms with Crippen LogP contribution >= 0.6 is 0 Å². The van der Waals surface area contributed by atoms with Gasteiger partial charge in [0, 0.05) is 39.0 Å². The molecule has 2 aromatic rings. The summed E-state index contributed by atoms with van der Waals surface area (Å²) in [5.41, 5.74) is 2.67. The minimum atomic E-state index is -0.562. The highest BCUT2D eigenvalue weighted by Crippen LogP contribution is 2.29. The molecule has 0 radical (unpaired) electrons. The molecule has 0 aliphatic carbocycles. The highest BCUT2D eigenvalue weighted by molar-refractivity contribution is 5.90. The Morgan fingerprint density at radius 2 is 1.91 bits per heavy atom. The molecule has 8 nitrogen and oxygen atoms in total. The lowest BCUT2D eigenvalue weighted by atomic mass is 10.0. The van der Waals surface area contributed by atoms with Crippen molar-refractivity contribution in [1.82, 2.24) is 15.5 Å². The van der Waals surface area contributed by atoms with Gasteiger partial charge in [-0.1, -0.05) is 24.3 Å². The molecule has 0 bridgehead atoms. The summed E-state index contributed by atoms with van der Waals surface area (Å²) in [7, 11) is 0. The molecular formula is C26H33FN4O4. The van der Waals surface area contributed by atoms with Gasteiger partial charge in [-0.25, -0.2) is 9.18 Å². The molecule has 3 rings (SSSR count). The third-order valence-electron chi connectivity index (χ3n) is 5.92. The molecule has 0 saturated carbocycles. The second kappa shape index (κ2) is 12.3. The van der Waals surface area contributed by atoms with Crippen molar-refractivity contribution in [2.24, 2.45) is 0 Å². The Hall–Kier alpha value is -3.46. The lowest BCUT2D eigenvalue weighted by Crippen LogP contribution is -2.33. The number of nitrogens with zero attached hydrogens (tertiary/aromatic N) is 2. The first-order chi connectivity index (χ1) is 16.8. The van der Waals surface area contributed by atoms with Crippen LogP contribution in [0.5, 0.6) is 0 Å². The van der Waals surface area contributed by atoms with E-state index < -0.39 is 18.0 Å². The molecule has 0 unspecified atom stereocenters. The first-order valence-electron chi connectivity index (χ1n) is 11.9. The zero-order valence-corrected chi connectivity index (χ0v) is 20.5. The molecule has 1 saturated heterocycles. The summed E-state index contributed by atoms with van der Waals surface area (Å²) in [4.78, 5) is 37.9. The number of carbonyl (C=O) groups excluding carboxylic acids is 3. The number of hydrogen-bond acceptors (Lipinski definition) is 5. The maximum absolute atomic E-state index is 14.9. The summed E-state index contributed by atoms with van der Waals surface area (Å²) in [6.07, 6.45) is -0.162. The summed E-state index contributed by atoms with van der Waals surface area (Å²) in [6, 6.07) is 12.3. The molecule has 188 valence electrons. The van der Waals surface area contributed by atoms with Crippen LogP contribution in [0.1, 0.15) is 32.8 Å². The third kappa shape index (κ3) is 7.26. The smallest absolute Gasteiger partial charge is 0.414 e. The third-order valence-corrected chi connectivity index (χ3v) is 5.92. The molecule has 3 amide bonds. The fraction of sp³-hybridized carbons (Fsp3) is 0.423.